The summed E-state index contributed by atoms with van der Waals surface area (Å²) < 4.78 is 26.3. The number of carbonyl (C=O) groups excluding carboxylic acids is 1. The molecule has 1 fully saturated rings. The highest BCUT2D eigenvalue weighted by atomic mass is 32.2. The Hall–Kier alpha value is -0.660. The van der Waals surface area contributed by atoms with E-state index in [0.29, 0.717) is 6.54 Å². The van der Waals surface area contributed by atoms with Crippen LogP contribution in [0, 0.1) is 5.92 Å². The van der Waals surface area contributed by atoms with Crippen LogP contribution in [0.3, 0.4) is 0 Å². The van der Waals surface area contributed by atoms with Gasteiger partial charge in [-0.25, -0.2) is 0 Å². The zero-order chi connectivity index (χ0) is 12.3. The second-order valence-corrected chi connectivity index (χ2v) is 6.24. The molecule has 0 aromatic carbocycles. The SMILES string of the molecule is CNC(=O)[C@H]1CCCN(S(=O)(=O)N(C)C)C1. The molecule has 1 aliphatic heterocycles. The zero-order valence-corrected chi connectivity index (χ0v) is 10.7. The van der Waals surface area contributed by atoms with E-state index in [2.05, 4.69) is 5.32 Å². The number of nitrogens with zero attached hydrogens (tertiary/aromatic N) is 2. The number of carbonyl (C=O) groups is 1. The molecule has 7 heteroatoms. The molecule has 0 spiro atoms. The van der Waals surface area contributed by atoms with Crippen molar-refractivity contribution in [1.29, 1.82) is 0 Å². The standard InChI is InChI=1S/C9H19N3O3S/c1-10-9(13)8-5-4-6-12(7-8)16(14,15)11(2)3/h8H,4-7H2,1-3H3,(H,10,13)/t8-/m0/s1. The highest BCUT2D eigenvalue weighted by Crippen LogP contribution is 2.20. The molecule has 1 N–H and O–H groups in total. The maximum Gasteiger partial charge on any atom is 0.281 e. The molecule has 1 rings (SSSR count). The van der Waals surface area contributed by atoms with Gasteiger partial charge in [0, 0.05) is 34.2 Å². The minimum atomic E-state index is -3.39. The first-order valence-corrected chi connectivity index (χ1v) is 6.68. The van der Waals surface area contributed by atoms with E-state index in [4.69, 9.17) is 0 Å². The lowest BCUT2D eigenvalue weighted by Gasteiger charge is -2.32. The summed E-state index contributed by atoms with van der Waals surface area (Å²) in [6, 6.07) is 0. The number of piperidine rings is 1. The summed E-state index contributed by atoms with van der Waals surface area (Å²) >= 11 is 0. The summed E-state index contributed by atoms with van der Waals surface area (Å²) in [5.74, 6) is -0.313. The van der Waals surface area contributed by atoms with E-state index < -0.39 is 10.2 Å². The third-order valence-corrected chi connectivity index (χ3v) is 4.70. The molecule has 0 bridgehead atoms. The van der Waals surface area contributed by atoms with Crippen molar-refractivity contribution in [2.24, 2.45) is 5.92 Å². The van der Waals surface area contributed by atoms with Crippen molar-refractivity contribution in [3.05, 3.63) is 0 Å². The van der Waals surface area contributed by atoms with Crippen molar-refractivity contribution in [2.45, 2.75) is 12.8 Å². The molecule has 0 aromatic rings. The van der Waals surface area contributed by atoms with Crippen molar-refractivity contribution >= 4 is 16.1 Å². The van der Waals surface area contributed by atoms with Crippen molar-refractivity contribution < 1.29 is 13.2 Å². The van der Waals surface area contributed by atoms with Gasteiger partial charge in [0.25, 0.3) is 10.2 Å². The highest BCUT2D eigenvalue weighted by molar-refractivity contribution is 7.86. The van der Waals surface area contributed by atoms with Crippen molar-refractivity contribution in [2.75, 3.05) is 34.2 Å². The minimum Gasteiger partial charge on any atom is -0.359 e. The van der Waals surface area contributed by atoms with Crippen LogP contribution in [0.4, 0.5) is 0 Å². The van der Waals surface area contributed by atoms with Gasteiger partial charge >= 0.3 is 0 Å². The summed E-state index contributed by atoms with van der Waals surface area (Å²) in [4.78, 5) is 11.5. The fourth-order valence-electron chi connectivity index (χ4n) is 1.80. The molecule has 0 aliphatic carbocycles. The number of hydrogen-bond donors (Lipinski definition) is 1. The average Bonchev–Trinajstić information content (AvgIpc) is 2.28. The van der Waals surface area contributed by atoms with Crippen LogP contribution in [0.5, 0.6) is 0 Å². The Labute approximate surface area is 96.8 Å². The quantitative estimate of drug-likeness (QED) is 0.715. The van der Waals surface area contributed by atoms with Gasteiger partial charge in [0.05, 0.1) is 5.92 Å². The largest absolute Gasteiger partial charge is 0.359 e. The van der Waals surface area contributed by atoms with Crippen LogP contribution in [0.15, 0.2) is 0 Å². The molecule has 1 heterocycles. The Morgan fingerprint density at radius 3 is 2.56 bits per heavy atom. The summed E-state index contributed by atoms with van der Waals surface area (Å²) in [6.07, 6.45) is 1.48. The van der Waals surface area contributed by atoms with E-state index >= 15 is 0 Å². The van der Waals surface area contributed by atoms with Gasteiger partial charge < -0.3 is 5.32 Å². The second-order valence-electron chi connectivity index (χ2n) is 4.10. The summed E-state index contributed by atoms with van der Waals surface area (Å²) in [5.41, 5.74) is 0. The molecule has 0 unspecified atom stereocenters. The van der Waals surface area contributed by atoms with Gasteiger partial charge in [-0.05, 0) is 12.8 Å². The van der Waals surface area contributed by atoms with E-state index in [1.807, 2.05) is 0 Å². The van der Waals surface area contributed by atoms with Gasteiger partial charge in [-0.15, -0.1) is 0 Å². The maximum absolute atomic E-state index is 11.9. The molecule has 6 nitrogen and oxygen atoms in total. The first-order valence-electron chi connectivity index (χ1n) is 5.28. The Balaban J connectivity index is 2.75. The predicted molar refractivity (Wildman–Crippen MR) is 61.0 cm³/mol. The maximum atomic E-state index is 11.9. The van der Waals surface area contributed by atoms with Crippen molar-refractivity contribution in [3.63, 3.8) is 0 Å². The monoisotopic (exact) mass is 249 g/mol. The van der Waals surface area contributed by atoms with E-state index in [1.165, 1.54) is 22.7 Å². The lowest BCUT2D eigenvalue weighted by molar-refractivity contribution is -0.125. The van der Waals surface area contributed by atoms with Gasteiger partial charge in [-0.1, -0.05) is 0 Å². The fraction of sp³-hybridized carbons (Fsp3) is 0.889. The summed E-state index contributed by atoms with van der Waals surface area (Å²) in [7, 11) is 1.18. The van der Waals surface area contributed by atoms with Crippen LogP contribution >= 0.6 is 0 Å². The smallest absolute Gasteiger partial charge is 0.281 e. The Morgan fingerprint density at radius 2 is 2.06 bits per heavy atom. The number of nitrogens with one attached hydrogen (secondary N) is 1. The molecule has 16 heavy (non-hydrogen) atoms. The molecule has 0 radical (unpaired) electrons. The Morgan fingerprint density at radius 1 is 1.44 bits per heavy atom. The van der Waals surface area contributed by atoms with Gasteiger partial charge in [0.2, 0.25) is 5.91 Å². The third kappa shape index (κ3) is 2.72. The van der Waals surface area contributed by atoms with Crippen LogP contribution in [0.1, 0.15) is 12.8 Å². The lowest BCUT2D eigenvalue weighted by Crippen LogP contribution is -2.48. The van der Waals surface area contributed by atoms with Gasteiger partial charge in [-0.2, -0.15) is 17.0 Å². The molecular weight excluding hydrogens is 230 g/mol. The molecule has 1 atom stereocenters. The zero-order valence-electron chi connectivity index (χ0n) is 9.93. The first kappa shape index (κ1) is 13.4. The normalized spacial score (nSPS) is 23.4. The average molecular weight is 249 g/mol. The van der Waals surface area contributed by atoms with Crippen molar-refractivity contribution in [1.82, 2.24) is 13.9 Å². The Bertz CT molecular complexity index is 353. The summed E-state index contributed by atoms with van der Waals surface area (Å²) in [6.45, 7) is 0.772. The fourth-order valence-corrected chi connectivity index (χ4v) is 2.99. The minimum absolute atomic E-state index is 0.0846. The molecular formula is C9H19N3O3S. The highest BCUT2D eigenvalue weighted by Gasteiger charge is 2.32. The van der Waals surface area contributed by atoms with Crippen LogP contribution in [0.2, 0.25) is 0 Å². The van der Waals surface area contributed by atoms with Crippen LogP contribution in [-0.4, -0.2) is 57.2 Å². The molecule has 0 aromatic heterocycles. The topological polar surface area (TPSA) is 69.7 Å². The number of hydrogen-bond acceptors (Lipinski definition) is 3. The first-order chi connectivity index (χ1) is 7.39. The van der Waals surface area contributed by atoms with Crippen LogP contribution in [0.25, 0.3) is 0 Å². The van der Waals surface area contributed by atoms with E-state index in [0.717, 1.165) is 12.8 Å². The number of rotatable bonds is 3. The molecule has 1 saturated heterocycles. The molecule has 94 valence electrons. The third-order valence-electron chi connectivity index (χ3n) is 2.79. The molecule has 1 aliphatic rings. The van der Waals surface area contributed by atoms with Gasteiger partial charge in [0.15, 0.2) is 0 Å². The Kier molecular flexibility index (Phi) is 4.28. The van der Waals surface area contributed by atoms with E-state index in [-0.39, 0.29) is 18.4 Å². The molecule has 0 saturated carbocycles. The predicted octanol–water partition coefficient (Wildman–Crippen LogP) is -0.749. The van der Waals surface area contributed by atoms with Crippen molar-refractivity contribution in [3.8, 4) is 0 Å². The van der Waals surface area contributed by atoms with Crippen LogP contribution in [-0.2, 0) is 15.0 Å². The van der Waals surface area contributed by atoms with Gasteiger partial charge in [0.1, 0.15) is 0 Å². The second kappa shape index (κ2) is 5.11. The number of amides is 1. The molecule has 1 amide bonds. The van der Waals surface area contributed by atoms with Gasteiger partial charge in [-0.3, -0.25) is 4.79 Å². The summed E-state index contributed by atoms with van der Waals surface area (Å²) in [5, 5.41) is 2.56. The lowest BCUT2D eigenvalue weighted by atomic mass is 9.99. The van der Waals surface area contributed by atoms with E-state index in [9.17, 15) is 13.2 Å². The van der Waals surface area contributed by atoms with E-state index in [1.54, 1.807) is 7.05 Å². The van der Waals surface area contributed by atoms with Crippen LogP contribution < -0.4 is 5.32 Å².